The third-order valence-electron chi connectivity index (χ3n) is 10.6. The minimum atomic E-state index is -2.96. The highest BCUT2D eigenvalue weighted by Gasteiger charge is 2.53. The molecule has 0 aromatic heterocycles. The molecule has 0 amide bonds. The lowest BCUT2D eigenvalue weighted by atomic mass is 9.97. The molecule has 0 aliphatic carbocycles. The molecular weight excluding hydrogens is 725 g/mol. The highest BCUT2D eigenvalue weighted by molar-refractivity contribution is 6.99. The van der Waals surface area contributed by atoms with Crippen molar-refractivity contribution in [1.29, 1.82) is 0 Å². The summed E-state index contributed by atoms with van der Waals surface area (Å²) in [5.74, 6) is 0. The average Bonchev–Trinajstić information content (AvgIpc) is 3.26. The molecule has 0 N–H and O–H groups in total. The molecule has 7 rings (SSSR count). The van der Waals surface area contributed by atoms with Crippen LogP contribution < -0.4 is 10.4 Å². The van der Waals surface area contributed by atoms with Gasteiger partial charge in [-0.1, -0.05) is 203 Å². The lowest BCUT2D eigenvalue weighted by Gasteiger charge is -2.48. The van der Waals surface area contributed by atoms with E-state index < -0.39 is 39.0 Å². The zero-order chi connectivity index (χ0) is 39.3. The topological polar surface area (TPSA) is 55.4 Å². The molecule has 0 spiro atoms. The molecule has 0 radical (unpaired) electrons. The smallest absolute Gasteiger partial charge is 0.261 e. The van der Waals surface area contributed by atoms with Crippen molar-refractivity contribution in [3.8, 4) is 0 Å². The van der Waals surface area contributed by atoms with Crippen molar-refractivity contribution in [1.82, 2.24) is 0 Å². The van der Waals surface area contributed by atoms with Crippen LogP contribution in [-0.2, 0) is 54.5 Å². The van der Waals surface area contributed by atoms with Gasteiger partial charge >= 0.3 is 0 Å². The summed E-state index contributed by atoms with van der Waals surface area (Å²) in [4.78, 5) is 0. The molecule has 1 saturated heterocycles. The Hall–Kier alpha value is -4.70. The minimum Gasteiger partial charge on any atom is -0.405 e. The van der Waals surface area contributed by atoms with E-state index in [1.165, 1.54) is 10.4 Å². The third kappa shape index (κ3) is 10.2. The van der Waals surface area contributed by atoms with Crippen molar-refractivity contribution in [3.05, 3.63) is 204 Å². The van der Waals surface area contributed by atoms with Crippen LogP contribution in [0.25, 0.3) is 0 Å². The maximum Gasteiger partial charge on any atom is 0.261 e. The summed E-state index contributed by atoms with van der Waals surface area (Å²) in [6.45, 7) is 8.50. The summed E-state index contributed by atoms with van der Waals surface area (Å²) in [6.07, 6.45) is -3.17. The average molecular weight is 779 g/mol. The fourth-order valence-electron chi connectivity index (χ4n) is 7.74. The number of benzene rings is 6. The third-order valence-corrected chi connectivity index (χ3v) is 15.6. The molecule has 0 saturated carbocycles. The monoisotopic (exact) mass is 778 g/mol. The van der Waals surface area contributed by atoms with Gasteiger partial charge in [-0.05, 0) is 37.7 Å². The van der Waals surface area contributed by atoms with Gasteiger partial charge in [0.15, 0.2) is 6.29 Å². The van der Waals surface area contributed by atoms with E-state index in [9.17, 15) is 0 Å². The maximum absolute atomic E-state index is 7.56. The molecule has 57 heavy (non-hydrogen) atoms. The SMILES string of the molecule is CC(C)(C)[Si](OCC1O[C@@H](OCc2ccccc2)C(OCc2ccccc2)[C@H](OCc2ccccc2)[C@H]1OCc1ccccc1)(c1ccccc1)c1ccccc1. The molecule has 6 aromatic carbocycles. The van der Waals surface area contributed by atoms with E-state index in [2.05, 4.69) is 130 Å². The fourth-order valence-corrected chi connectivity index (χ4v) is 12.3. The summed E-state index contributed by atoms with van der Waals surface area (Å²) in [5.41, 5.74) is 4.18. The summed E-state index contributed by atoms with van der Waals surface area (Å²) in [7, 11) is -2.96. The fraction of sp³-hybridized carbons (Fsp3) is 0.280. The van der Waals surface area contributed by atoms with Gasteiger partial charge in [-0.2, -0.15) is 0 Å². The molecule has 294 valence electrons. The standard InChI is InChI=1S/C50H54O6Si/c1-50(2,3)57(43-30-18-8-19-31-43,44-32-20-9-21-33-44)55-38-45-46(51-34-39-22-10-4-11-23-39)47(52-35-40-24-12-5-13-25-40)48(53-36-41-26-14-6-15-27-41)49(56-45)54-37-42-28-16-7-17-29-42/h4-33,45-49H,34-38H2,1-3H3/t45?,46-,47+,48?,49+/m0/s1. The van der Waals surface area contributed by atoms with E-state index in [4.69, 9.17) is 28.1 Å². The van der Waals surface area contributed by atoms with Crippen LogP contribution in [0, 0.1) is 0 Å². The largest absolute Gasteiger partial charge is 0.405 e. The zero-order valence-electron chi connectivity index (χ0n) is 33.2. The van der Waals surface area contributed by atoms with E-state index >= 15 is 0 Å². The Labute approximate surface area is 339 Å². The first-order chi connectivity index (χ1) is 27.9. The first kappa shape index (κ1) is 40.5. The van der Waals surface area contributed by atoms with E-state index in [0.29, 0.717) is 26.4 Å². The van der Waals surface area contributed by atoms with Gasteiger partial charge < -0.3 is 28.1 Å². The Morgan fingerprint density at radius 1 is 0.421 bits per heavy atom. The van der Waals surface area contributed by atoms with E-state index in [-0.39, 0.29) is 11.6 Å². The Bertz CT molecular complexity index is 1990. The molecule has 1 fully saturated rings. The molecule has 2 unspecified atom stereocenters. The van der Waals surface area contributed by atoms with Gasteiger partial charge in [0.1, 0.15) is 24.4 Å². The maximum atomic E-state index is 7.56. The van der Waals surface area contributed by atoms with Gasteiger partial charge in [-0.3, -0.25) is 0 Å². The first-order valence-corrected chi connectivity index (χ1v) is 21.8. The van der Waals surface area contributed by atoms with Crippen LogP contribution in [0.15, 0.2) is 182 Å². The van der Waals surface area contributed by atoms with Crippen LogP contribution in [-0.4, -0.2) is 45.6 Å². The Balaban J connectivity index is 1.29. The predicted molar refractivity (Wildman–Crippen MR) is 229 cm³/mol. The van der Waals surface area contributed by atoms with Crippen LogP contribution in [0.5, 0.6) is 0 Å². The summed E-state index contributed by atoms with van der Waals surface area (Å²) in [6, 6.07) is 62.2. The second kappa shape index (κ2) is 19.6. The predicted octanol–water partition coefficient (Wildman–Crippen LogP) is 9.26. The van der Waals surface area contributed by atoms with Gasteiger partial charge in [-0.15, -0.1) is 0 Å². The van der Waals surface area contributed by atoms with E-state index in [1.54, 1.807) is 0 Å². The van der Waals surface area contributed by atoms with E-state index in [0.717, 1.165) is 22.3 Å². The van der Waals surface area contributed by atoms with Gasteiger partial charge in [0.05, 0.1) is 33.0 Å². The molecule has 6 nitrogen and oxygen atoms in total. The second-order valence-electron chi connectivity index (χ2n) is 15.6. The normalized spacial score (nSPS) is 19.9. The number of rotatable bonds is 17. The highest BCUT2D eigenvalue weighted by Crippen LogP contribution is 2.38. The van der Waals surface area contributed by atoms with Crippen molar-refractivity contribution >= 4 is 18.7 Å². The van der Waals surface area contributed by atoms with Crippen molar-refractivity contribution in [2.45, 2.75) is 82.9 Å². The minimum absolute atomic E-state index is 0.238. The van der Waals surface area contributed by atoms with Crippen molar-refractivity contribution in [3.63, 3.8) is 0 Å². The Kier molecular flexibility index (Phi) is 13.9. The van der Waals surface area contributed by atoms with Gasteiger partial charge in [0.25, 0.3) is 8.32 Å². The molecule has 7 heteroatoms. The molecule has 1 heterocycles. The summed E-state index contributed by atoms with van der Waals surface area (Å²) >= 11 is 0. The highest BCUT2D eigenvalue weighted by atomic mass is 28.4. The Morgan fingerprint density at radius 3 is 1.14 bits per heavy atom. The number of hydrogen-bond donors (Lipinski definition) is 0. The van der Waals surface area contributed by atoms with Crippen LogP contribution in [0.3, 0.4) is 0 Å². The zero-order valence-corrected chi connectivity index (χ0v) is 34.2. The molecule has 1 aliphatic heterocycles. The van der Waals surface area contributed by atoms with Crippen molar-refractivity contribution < 1.29 is 28.1 Å². The number of ether oxygens (including phenoxy) is 5. The van der Waals surface area contributed by atoms with Gasteiger partial charge in [0.2, 0.25) is 0 Å². The van der Waals surface area contributed by atoms with E-state index in [1.807, 2.05) is 72.8 Å². The van der Waals surface area contributed by atoms with Crippen LogP contribution in [0.4, 0.5) is 0 Å². The van der Waals surface area contributed by atoms with Gasteiger partial charge in [0, 0.05) is 0 Å². The summed E-state index contributed by atoms with van der Waals surface area (Å²) < 4.78 is 42.2. The lowest BCUT2D eigenvalue weighted by molar-refractivity contribution is -0.328. The second-order valence-corrected chi connectivity index (χ2v) is 19.9. The Morgan fingerprint density at radius 2 is 0.754 bits per heavy atom. The summed E-state index contributed by atoms with van der Waals surface area (Å²) in [5, 5.41) is 2.15. The molecule has 6 aromatic rings. The van der Waals surface area contributed by atoms with Crippen molar-refractivity contribution in [2.75, 3.05) is 6.61 Å². The quantitative estimate of drug-likeness (QED) is 0.0862. The molecular formula is C50H54O6Si. The van der Waals surface area contributed by atoms with Crippen LogP contribution in [0.2, 0.25) is 5.04 Å². The molecule has 0 bridgehead atoms. The number of hydrogen-bond acceptors (Lipinski definition) is 6. The van der Waals surface area contributed by atoms with Crippen molar-refractivity contribution in [2.24, 2.45) is 0 Å². The molecule has 1 aliphatic rings. The first-order valence-electron chi connectivity index (χ1n) is 19.9. The lowest BCUT2D eigenvalue weighted by Crippen LogP contribution is -2.68. The molecule has 5 atom stereocenters. The van der Waals surface area contributed by atoms with Crippen LogP contribution in [0.1, 0.15) is 43.0 Å². The van der Waals surface area contributed by atoms with Gasteiger partial charge in [-0.25, -0.2) is 0 Å². The van der Waals surface area contributed by atoms with Crippen LogP contribution >= 0.6 is 0 Å².